The van der Waals surface area contributed by atoms with E-state index in [2.05, 4.69) is 37.3 Å². The SMILES string of the molecule is Nc1ccc(NC(=O)N2CCN(Cc3ccc4nc(-c5ccccn5)[nH]c4c3)CC2)cc1. The first-order valence-electron chi connectivity index (χ1n) is 10.7. The predicted molar refractivity (Wildman–Crippen MR) is 126 cm³/mol. The van der Waals surface area contributed by atoms with Crippen LogP contribution in [0.3, 0.4) is 0 Å². The largest absolute Gasteiger partial charge is 0.399 e. The van der Waals surface area contributed by atoms with Gasteiger partial charge in [0.05, 0.1) is 11.0 Å². The van der Waals surface area contributed by atoms with Gasteiger partial charge in [0.15, 0.2) is 5.82 Å². The molecule has 32 heavy (non-hydrogen) atoms. The summed E-state index contributed by atoms with van der Waals surface area (Å²) in [6, 6.07) is 19.2. The summed E-state index contributed by atoms with van der Waals surface area (Å²) in [5, 5.41) is 2.94. The zero-order chi connectivity index (χ0) is 21.9. The molecule has 2 amide bonds. The van der Waals surface area contributed by atoms with Gasteiger partial charge in [0, 0.05) is 50.3 Å². The van der Waals surface area contributed by atoms with Crippen molar-refractivity contribution in [3.05, 3.63) is 72.4 Å². The van der Waals surface area contributed by atoms with E-state index in [0.717, 1.165) is 47.9 Å². The van der Waals surface area contributed by atoms with E-state index >= 15 is 0 Å². The average molecular weight is 428 g/mol. The highest BCUT2D eigenvalue weighted by molar-refractivity contribution is 5.89. The zero-order valence-corrected chi connectivity index (χ0v) is 17.7. The molecule has 1 aliphatic rings. The van der Waals surface area contributed by atoms with E-state index in [-0.39, 0.29) is 6.03 Å². The summed E-state index contributed by atoms with van der Waals surface area (Å²) in [5.41, 5.74) is 11.1. The first-order chi connectivity index (χ1) is 15.6. The molecule has 1 aliphatic heterocycles. The molecule has 2 aromatic carbocycles. The number of nitrogen functional groups attached to an aromatic ring is 1. The molecule has 2 aromatic heterocycles. The Kier molecular flexibility index (Phi) is 5.43. The number of rotatable bonds is 4. The summed E-state index contributed by atoms with van der Waals surface area (Å²) in [6.45, 7) is 3.87. The van der Waals surface area contributed by atoms with Crippen molar-refractivity contribution >= 4 is 28.4 Å². The van der Waals surface area contributed by atoms with E-state index in [0.29, 0.717) is 18.8 Å². The maximum Gasteiger partial charge on any atom is 0.321 e. The number of anilines is 2. The smallest absolute Gasteiger partial charge is 0.321 e. The lowest BCUT2D eigenvalue weighted by molar-refractivity contribution is 0.143. The third kappa shape index (κ3) is 4.40. The van der Waals surface area contributed by atoms with Gasteiger partial charge in [-0.25, -0.2) is 9.78 Å². The number of nitrogens with zero attached hydrogens (tertiary/aromatic N) is 4. The average Bonchev–Trinajstić information content (AvgIpc) is 3.25. The summed E-state index contributed by atoms with van der Waals surface area (Å²) in [7, 11) is 0. The topological polar surface area (TPSA) is 103 Å². The van der Waals surface area contributed by atoms with Crippen LogP contribution in [0.2, 0.25) is 0 Å². The molecule has 162 valence electrons. The van der Waals surface area contributed by atoms with Crippen LogP contribution >= 0.6 is 0 Å². The maximum absolute atomic E-state index is 12.5. The third-order valence-electron chi connectivity index (χ3n) is 5.68. The summed E-state index contributed by atoms with van der Waals surface area (Å²) in [6.07, 6.45) is 1.77. The van der Waals surface area contributed by atoms with Crippen LogP contribution in [-0.4, -0.2) is 57.0 Å². The van der Waals surface area contributed by atoms with Gasteiger partial charge < -0.3 is 20.9 Å². The molecule has 0 spiro atoms. The predicted octanol–water partition coefficient (Wildman–Crippen LogP) is 3.56. The van der Waals surface area contributed by atoms with Crippen LogP contribution < -0.4 is 11.1 Å². The lowest BCUT2D eigenvalue weighted by Gasteiger charge is -2.34. The van der Waals surface area contributed by atoms with Crippen molar-refractivity contribution in [1.29, 1.82) is 0 Å². The number of carbonyl (C=O) groups is 1. The van der Waals surface area contributed by atoms with Crippen LogP contribution in [0, 0.1) is 0 Å². The molecule has 8 heteroatoms. The number of hydrogen-bond donors (Lipinski definition) is 3. The second-order valence-electron chi connectivity index (χ2n) is 7.97. The number of pyridine rings is 1. The second kappa shape index (κ2) is 8.68. The fourth-order valence-electron chi connectivity index (χ4n) is 3.92. The molecule has 1 saturated heterocycles. The van der Waals surface area contributed by atoms with Crippen LogP contribution in [0.4, 0.5) is 16.2 Å². The van der Waals surface area contributed by atoms with Crippen molar-refractivity contribution in [3.8, 4) is 11.5 Å². The lowest BCUT2D eigenvalue weighted by atomic mass is 10.1. The molecule has 8 nitrogen and oxygen atoms in total. The second-order valence-corrected chi connectivity index (χ2v) is 7.97. The number of amides is 2. The van der Waals surface area contributed by atoms with Crippen LogP contribution in [0.25, 0.3) is 22.6 Å². The van der Waals surface area contributed by atoms with E-state index < -0.39 is 0 Å². The number of fused-ring (bicyclic) bond motifs is 1. The minimum atomic E-state index is -0.0737. The molecule has 5 rings (SSSR count). The highest BCUT2D eigenvalue weighted by Gasteiger charge is 2.21. The Morgan fingerprint density at radius 1 is 1.03 bits per heavy atom. The summed E-state index contributed by atoms with van der Waals surface area (Å²) in [4.78, 5) is 29.1. The standard InChI is InChI=1S/C24H25N7O/c25-18-5-7-19(8-6-18)27-24(32)31-13-11-30(12-14-31)16-17-4-9-20-22(15-17)29-23(28-20)21-3-1-2-10-26-21/h1-10,15H,11-14,16,25H2,(H,27,32)(H,28,29). The Hall–Kier alpha value is -3.91. The fourth-order valence-corrected chi connectivity index (χ4v) is 3.92. The molecular weight excluding hydrogens is 402 g/mol. The number of aromatic amines is 1. The number of urea groups is 1. The van der Waals surface area contributed by atoms with Crippen molar-refractivity contribution in [2.75, 3.05) is 37.2 Å². The van der Waals surface area contributed by atoms with E-state index in [1.807, 2.05) is 41.3 Å². The van der Waals surface area contributed by atoms with Gasteiger partial charge in [-0.1, -0.05) is 12.1 Å². The van der Waals surface area contributed by atoms with Crippen LogP contribution in [0.1, 0.15) is 5.56 Å². The van der Waals surface area contributed by atoms with Gasteiger partial charge in [0.25, 0.3) is 0 Å². The first kappa shape index (κ1) is 20.0. The monoisotopic (exact) mass is 427 g/mol. The minimum absolute atomic E-state index is 0.0737. The van der Waals surface area contributed by atoms with E-state index in [4.69, 9.17) is 5.73 Å². The number of imidazole rings is 1. The maximum atomic E-state index is 12.5. The van der Waals surface area contributed by atoms with Crippen molar-refractivity contribution in [2.24, 2.45) is 0 Å². The van der Waals surface area contributed by atoms with Crippen molar-refractivity contribution in [3.63, 3.8) is 0 Å². The van der Waals surface area contributed by atoms with Crippen LogP contribution in [0.15, 0.2) is 66.9 Å². The third-order valence-corrected chi connectivity index (χ3v) is 5.68. The Morgan fingerprint density at radius 3 is 2.59 bits per heavy atom. The fraction of sp³-hybridized carbons (Fsp3) is 0.208. The Morgan fingerprint density at radius 2 is 1.84 bits per heavy atom. The number of H-pyrrole nitrogens is 1. The molecule has 0 bridgehead atoms. The van der Waals surface area contributed by atoms with Gasteiger partial charge in [-0.2, -0.15) is 0 Å². The molecular formula is C24H25N7O. The van der Waals surface area contributed by atoms with Gasteiger partial charge in [-0.15, -0.1) is 0 Å². The summed E-state index contributed by atoms with van der Waals surface area (Å²) >= 11 is 0. The van der Waals surface area contributed by atoms with Crippen molar-refractivity contribution < 1.29 is 4.79 Å². The Bertz CT molecular complexity index is 1210. The number of nitrogens with one attached hydrogen (secondary N) is 2. The lowest BCUT2D eigenvalue weighted by Crippen LogP contribution is -2.49. The van der Waals surface area contributed by atoms with E-state index in [1.54, 1.807) is 18.3 Å². The quantitative estimate of drug-likeness (QED) is 0.432. The Labute approximate surface area is 186 Å². The van der Waals surface area contributed by atoms with Crippen molar-refractivity contribution in [2.45, 2.75) is 6.54 Å². The molecule has 4 N–H and O–H groups in total. The minimum Gasteiger partial charge on any atom is -0.399 e. The number of carbonyl (C=O) groups excluding carboxylic acids is 1. The molecule has 1 fully saturated rings. The van der Waals surface area contributed by atoms with Gasteiger partial charge in [-0.05, 0) is 54.1 Å². The molecule has 0 saturated carbocycles. The van der Waals surface area contributed by atoms with E-state index in [9.17, 15) is 4.79 Å². The van der Waals surface area contributed by atoms with Crippen LogP contribution in [-0.2, 0) is 6.54 Å². The molecule has 0 aliphatic carbocycles. The highest BCUT2D eigenvalue weighted by Crippen LogP contribution is 2.21. The normalized spacial score (nSPS) is 14.6. The molecule has 0 unspecified atom stereocenters. The number of aromatic nitrogens is 3. The summed E-state index contributed by atoms with van der Waals surface area (Å²) in [5.74, 6) is 0.776. The van der Waals surface area contributed by atoms with E-state index in [1.165, 1.54) is 5.56 Å². The van der Waals surface area contributed by atoms with Crippen molar-refractivity contribution in [1.82, 2.24) is 24.8 Å². The molecule has 4 aromatic rings. The molecule has 0 atom stereocenters. The zero-order valence-electron chi connectivity index (χ0n) is 17.7. The Balaban J connectivity index is 1.18. The number of benzene rings is 2. The number of piperazine rings is 1. The van der Waals surface area contributed by atoms with Gasteiger partial charge in [0.2, 0.25) is 0 Å². The molecule has 0 radical (unpaired) electrons. The summed E-state index contributed by atoms with van der Waals surface area (Å²) < 4.78 is 0. The first-order valence-corrected chi connectivity index (χ1v) is 10.7. The van der Waals surface area contributed by atoms with Crippen LogP contribution in [0.5, 0.6) is 0 Å². The van der Waals surface area contributed by atoms with Gasteiger partial charge >= 0.3 is 6.03 Å². The van der Waals surface area contributed by atoms with Gasteiger partial charge in [-0.3, -0.25) is 9.88 Å². The van der Waals surface area contributed by atoms with Gasteiger partial charge in [0.1, 0.15) is 5.69 Å². The number of hydrogen-bond acceptors (Lipinski definition) is 5. The molecule has 3 heterocycles. The number of nitrogens with two attached hydrogens (primary N) is 1. The highest BCUT2D eigenvalue weighted by atomic mass is 16.2.